The number of hydrogen-bond acceptors (Lipinski definition) is 5. The molecule has 2 atom stereocenters. The lowest BCUT2D eigenvalue weighted by atomic mass is 10.0. The minimum Gasteiger partial charge on any atom is -0.508 e. The van der Waals surface area contributed by atoms with Crippen molar-refractivity contribution in [1.82, 2.24) is 10.6 Å². The predicted molar refractivity (Wildman–Crippen MR) is 88.2 cm³/mol. The van der Waals surface area contributed by atoms with Crippen molar-refractivity contribution >= 4 is 12.0 Å². The second-order valence-electron chi connectivity index (χ2n) is 6.43. The standard InChI is InChI=1S/C17H23N3O4/c1-11(10-18)19-15(22)14(20-16(23)24-17(2,3)4)9-12-5-7-13(21)8-6-12/h5-8,11,14,21H,9H2,1-4H3,(H,19,22)(H,20,23). The van der Waals surface area contributed by atoms with Gasteiger partial charge in [-0.2, -0.15) is 5.26 Å². The maximum atomic E-state index is 12.3. The molecule has 0 saturated heterocycles. The lowest BCUT2D eigenvalue weighted by molar-refractivity contribution is -0.123. The zero-order chi connectivity index (χ0) is 18.3. The third-order valence-electron chi connectivity index (χ3n) is 2.94. The minimum absolute atomic E-state index is 0.109. The molecule has 1 rings (SSSR count). The Bertz CT molecular complexity index is 614. The Labute approximate surface area is 141 Å². The molecule has 2 amide bonds. The van der Waals surface area contributed by atoms with Crippen molar-refractivity contribution in [2.45, 2.75) is 51.8 Å². The number of nitrogens with one attached hydrogen (secondary N) is 2. The summed E-state index contributed by atoms with van der Waals surface area (Å²) in [6.45, 7) is 6.71. The molecular formula is C17H23N3O4. The van der Waals surface area contributed by atoms with Crippen molar-refractivity contribution < 1.29 is 19.4 Å². The van der Waals surface area contributed by atoms with Gasteiger partial charge in [0.1, 0.15) is 23.4 Å². The molecule has 0 aliphatic rings. The van der Waals surface area contributed by atoms with Crippen LogP contribution in [0, 0.1) is 11.3 Å². The molecule has 0 radical (unpaired) electrons. The highest BCUT2D eigenvalue weighted by Crippen LogP contribution is 2.12. The van der Waals surface area contributed by atoms with E-state index < -0.39 is 29.7 Å². The van der Waals surface area contributed by atoms with Gasteiger partial charge >= 0.3 is 6.09 Å². The van der Waals surface area contributed by atoms with Crippen LogP contribution in [0.15, 0.2) is 24.3 Å². The summed E-state index contributed by atoms with van der Waals surface area (Å²) in [5.74, 6) is -0.374. The van der Waals surface area contributed by atoms with Crippen LogP contribution in [-0.2, 0) is 16.0 Å². The van der Waals surface area contributed by atoms with E-state index in [1.165, 1.54) is 12.1 Å². The van der Waals surface area contributed by atoms with Crippen molar-refractivity contribution in [2.75, 3.05) is 0 Å². The van der Waals surface area contributed by atoms with Crippen LogP contribution in [0.3, 0.4) is 0 Å². The normalized spacial score (nSPS) is 13.3. The zero-order valence-electron chi connectivity index (χ0n) is 14.3. The Morgan fingerprint density at radius 3 is 2.33 bits per heavy atom. The topological polar surface area (TPSA) is 111 Å². The molecule has 2 unspecified atom stereocenters. The Kier molecular flexibility index (Phi) is 6.59. The summed E-state index contributed by atoms with van der Waals surface area (Å²) in [5.41, 5.74) is 0.0532. The first kappa shape index (κ1) is 19.3. The van der Waals surface area contributed by atoms with E-state index in [2.05, 4.69) is 10.6 Å². The quantitative estimate of drug-likeness (QED) is 0.761. The first-order valence-electron chi connectivity index (χ1n) is 7.58. The number of nitriles is 1. The second-order valence-corrected chi connectivity index (χ2v) is 6.43. The van der Waals surface area contributed by atoms with Gasteiger partial charge in [0.15, 0.2) is 0 Å². The van der Waals surface area contributed by atoms with Gasteiger partial charge < -0.3 is 20.5 Å². The van der Waals surface area contributed by atoms with Crippen LogP contribution in [0.4, 0.5) is 4.79 Å². The SMILES string of the molecule is CC(C#N)NC(=O)C(Cc1ccc(O)cc1)NC(=O)OC(C)(C)C. The van der Waals surface area contributed by atoms with Crippen molar-refractivity contribution in [3.8, 4) is 11.8 Å². The number of rotatable bonds is 5. The van der Waals surface area contributed by atoms with Crippen LogP contribution in [0.25, 0.3) is 0 Å². The molecular weight excluding hydrogens is 310 g/mol. The second kappa shape index (κ2) is 8.20. The van der Waals surface area contributed by atoms with Crippen molar-refractivity contribution in [3.63, 3.8) is 0 Å². The summed E-state index contributed by atoms with van der Waals surface area (Å²) in [7, 11) is 0. The highest BCUT2D eigenvalue weighted by Gasteiger charge is 2.25. The maximum Gasteiger partial charge on any atom is 0.408 e. The number of carbonyl (C=O) groups is 2. The van der Waals surface area contributed by atoms with Crippen LogP contribution in [-0.4, -0.2) is 34.8 Å². The molecule has 7 nitrogen and oxygen atoms in total. The van der Waals surface area contributed by atoms with Crippen LogP contribution in [0.2, 0.25) is 0 Å². The zero-order valence-corrected chi connectivity index (χ0v) is 14.3. The number of ether oxygens (including phenoxy) is 1. The molecule has 0 spiro atoms. The highest BCUT2D eigenvalue weighted by molar-refractivity contribution is 5.86. The minimum atomic E-state index is -0.903. The molecule has 24 heavy (non-hydrogen) atoms. The summed E-state index contributed by atoms with van der Waals surface area (Å²) in [6.07, 6.45) is -0.519. The van der Waals surface area contributed by atoms with E-state index in [-0.39, 0.29) is 12.2 Å². The predicted octanol–water partition coefficient (Wildman–Crippen LogP) is 1.86. The average molecular weight is 333 g/mol. The summed E-state index contributed by atoms with van der Waals surface area (Å²) >= 11 is 0. The van der Waals surface area contributed by atoms with Crippen LogP contribution < -0.4 is 10.6 Å². The Hall–Kier alpha value is -2.75. The summed E-state index contributed by atoms with van der Waals surface area (Å²) in [4.78, 5) is 24.3. The van der Waals surface area contributed by atoms with Crippen LogP contribution >= 0.6 is 0 Å². The Morgan fingerprint density at radius 1 is 1.25 bits per heavy atom. The van der Waals surface area contributed by atoms with E-state index in [4.69, 9.17) is 10.00 Å². The largest absolute Gasteiger partial charge is 0.508 e. The number of hydrogen-bond donors (Lipinski definition) is 3. The first-order valence-corrected chi connectivity index (χ1v) is 7.58. The summed E-state index contributed by atoms with van der Waals surface area (Å²) in [6, 6.07) is 6.62. The van der Waals surface area contributed by atoms with Crippen LogP contribution in [0.5, 0.6) is 5.75 Å². The molecule has 7 heteroatoms. The fourth-order valence-electron chi connectivity index (χ4n) is 1.87. The molecule has 0 fully saturated rings. The molecule has 0 heterocycles. The number of benzene rings is 1. The van der Waals surface area contributed by atoms with Gasteiger partial charge in [-0.05, 0) is 45.4 Å². The van der Waals surface area contributed by atoms with Gasteiger partial charge in [0, 0.05) is 6.42 Å². The number of carbonyl (C=O) groups excluding carboxylic acids is 2. The van der Waals surface area contributed by atoms with Crippen molar-refractivity contribution in [2.24, 2.45) is 0 Å². The molecule has 0 aliphatic carbocycles. The average Bonchev–Trinajstić information content (AvgIpc) is 2.46. The van der Waals surface area contributed by atoms with E-state index in [1.807, 2.05) is 6.07 Å². The van der Waals surface area contributed by atoms with E-state index in [0.29, 0.717) is 0 Å². The number of phenols is 1. The van der Waals surface area contributed by atoms with Gasteiger partial charge in [0.2, 0.25) is 5.91 Å². The Balaban J connectivity index is 2.86. The number of aromatic hydroxyl groups is 1. The molecule has 0 bridgehead atoms. The lowest BCUT2D eigenvalue weighted by Crippen LogP contribution is -2.51. The smallest absolute Gasteiger partial charge is 0.408 e. The number of nitrogens with zero attached hydrogens (tertiary/aromatic N) is 1. The van der Waals surface area contributed by atoms with Gasteiger partial charge in [-0.3, -0.25) is 4.79 Å². The monoisotopic (exact) mass is 333 g/mol. The summed E-state index contributed by atoms with van der Waals surface area (Å²) in [5, 5.41) is 23.2. The fraction of sp³-hybridized carbons (Fsp3) is 0.471. The van der Waals surface area contributed by atoms with E-state index in [9.17, 15) is 14.7 Å². The van der Waals surface area contributed by atoms with E-state index >= 15 is 0 Å². The fourth-order valence-corrected chi connectivity index (χ4v) is 1.87. The maximum absolute atomic E-state index is 12.3. The number of amides is 2. The van der Waals surface area contributed by atoms with Gasteiger partial charge in [-0.1, -0.05) is 12.1 Å². The number of phenolic OH excluding ortho intramolecular Hbond substituents is 1. The summed E-state index contributed by atoms with van der Waals surface area (Å²) < 4.78 is 5.17. The third-order valence-corrected chi connectivity index (χ3v) is 2.94. The molecule has 3 N–H and O–H groups in total. The molecule has 0 saturated carbocycles. The van der Waals surface area contributed by atoms with E-state index in [1.54, 1.807) is 39.8 Å². The van der Waals surface area contributed by atoms with Gasteiger partial charge in [-0.15, -0.1) is 0 Å². The molecule has 130 valence electrons. The van der Waals surface area contributed by atoms with Gasteiger partial charge in [-0.25, -0.2) is 4.79 Å². The Morgan fingerprint density at radius 2 is 1.83 bits per heavy atom. The first-order chi connectivity index (χ1) is 11.1. The van der Waals surface area contributed by atoms with Gasteiger partial charge in [0.25, 0.3) is 0 Å². The molecule has 0 aromatic heterocycles. The molecule has 1 aromatic carbocycles. The number of alkyl carbamates (subject to hydrolysis) is 1. The molecule has 1 aromatic rings. The molecule has 0 aliphatic heterocycles. The van der Waals surface area contributed by atoms with Crippen LogP contribution in [0.1, 0.15) is 33.3 Å². The van der Waals surface area contributed by atoms with Gasteiger partial charge in [0.05, 0.1) is 6.07 Å². The highest BCUT2D eigenvalue weighted by atomic mass is 16.6. The van der Waals surface area contributed by atoms with E-state index in [0.717, 1.165) is 5.56 Å². The van der Waals surface area contributed by atoms with Crippen molar-refractivity contribution in [3.05, 3.63) is 29.8 Å². The lowest BCUT2D eigenvalue weighted by Gasteiger charge is -2.23. The van der Waals surface area contributed by atoms with Crippen molar-refractivity contribution in [1.29, 1.82) is 5.26 Å². The third kappa shape index (κ3) is 7.01.